The van der Waals surface area contributed by atoms with Crippen LogP contribution < -0.4 is 5.32 Å². The van der Waals surface area contributed by atoms with Crippen molar-refractivity contribution in [3.8, 4) is 0 Å². The largest absolute Gasteiger partial charge is 0.455 e. The molecule has 0 aliphatic heterocycles. The Morgan fingerprint density at radius 1 is 1.12 bits per heavy atom. The molecule has 0 saturated carbocycles. The van der Waals surface area contributed by atoms with Crippen molar-refractivity contribution in [2.24, 2.45) is 0 Å². The smallest absolute Gasteiger partial charge is 0.287 e. The number of benzene rings is 1. The Morgan fingerprint density at radius 2 is 1.92 bits per heavy atom. The van der Waals surface area contributed by atoms with Crippen LogP contribution in [-0.2, 0) is 23.1 Å². The zero-order valence-corrected chi connectivity index (χ0v) is 14.7. The Labute approximate surface area is 152 Å². The van der Waals surface area contributed by atoms with Crippen molar-refractivity contribution in [2.75, 3.05) is 0 Å². The van der Waals surface area contributed by atoms with Crippen LogP contribution in [0.1, 0.15) is 22.0 Å². The Kier molecular flexibility index (Phi) is 5.63. The lowest BCUT2D eigenvalue weighted by molar-refractivity contribution is 0.0921. The van der Waals surface area contributed by atoms with Crippen LogP contribution in [0.15, 0.2) is 70.1 Å². The van der Waals surface area contributed by atoms with E-state index < -0.39 is 10.8 Å². The quantitative estimate of drug-likeness (QED) is 0.716. The average molecular weight is 375 g/mol. The Balaban J connectivity index is 1.61. The van der Waals surface area contributed by atoms with Crippen LogP contribution in [0.5, 0.6) is 0 Å². The van der Waals surface area contributed by atoms with Gasteiger partial charge in [0, 0.05) is 6.20 Å². The minimum atomic E-state index is -1.35. The Bertz CT molecular complexity index is 896. The molecule has 5 nitrogen and oxygen atoms in total. The Hall–Kier alpha value is -2.44. The predicted molar refractivity (Wildman–Crippen MR) is 95.7 cm³/mol. The van der Waals surface area contributed by atoms with Crippen LogP contribution in [0.2, 0.25) is 5.02 Å². The number of pyridine rings is 1. The molecule has 2 aromatic heterocycles. The van der Waals surface area contributed by atoms with Crippen molar-refractivity contribution in [3.63, 3.8) is 0 Å². The monoisotopic (exact) mass is 374 g/mol. The van der Waals surface area contributed by atoms with Crippen LogP contribution in [0.3, 0.4) is 0 Å². The number of nitrogens with zero attached hydrogens (tertiary/aromatic N) is 1. The fourth-order valence-electron chi connectivity index (χ4n) is 2.17. The van der Waals surface area contributed by atoms with E-state index in [0.29, 0.717) is 22.2 Å². The second-order valence-electron chi connectivity index (χ2n) is 5.19. The molecule has 2 heterocycles. The molecule has 1 aromatic carbocycles. The first-order chi connectivity index (χ1) is 12.1. The maximum Gasteiger partial charge on any atom is 0.287 e. The Morgan fingerprint density at radius 3 is 2.68 bits per heavy atom. The maximum absolute atomic E-state index is 12.4. The molecule has 3 rings (SSSR count). The van der Waals surface area contributed by atoms with Gasteiger partial charge in [0.15, 0.2) is 5.76 Å². The third-order valence-corrected chi connectivity index (χ3v) is 5.23. The molecule has 0 spiro atoms. The van der Waals surface area contributed by atoms with Gasteiger partial charge in [-0.3, -0.25) is 14.0 Å². The van der Waals surface area contributed by atoms with Crippen molar-refractivity contribution in [1.29, 1.82) is 0 Å². The van der Waals surface area contributed by atoms with Gasteiger partial charge in [-0.1, -0.05) is 29.8 Å². The van der Waals surface area contributed by atoms with Crippen LogP contribution in [0.25, 0.3) is 0 Å². The van der Waals surface area contributed by atoms with Gasteiger partial charge in [-0.25, -0.2) is 0 Å². The summed E-state index contributed by atoms with van der Waals surface area (Å²) in [6.45, 7) is 0.307. The molecule has 1 N–H and O–H groups in total. The van der Waals surface area contributed by atoms with E-state index in [4.69, 9.17) is 16.0 Å². The van der Waals surface area contributed by atoms with Gasteiger partial charge in [-0.05, 0) is 36.4 Å². The van der Waals surface area contributed by atoms with Gasteiger partial charge >= 0.3 is 0 Å². The van der Waals surface area contributed by atoms with Gasteiger partial charge in [-0.15, -0.1) is 0 Å². The van der Waals surface area contributed by atoms with Gasteiger partial charge in [0.25, 0.3) is 5.91 Å². The normalized spacial score (nSPS) is 11.9. The van der Waals surface area contributed by atoms with Crippen molar-refractivity contribution < 1.29 is 13.4 Å². The standard InChI is InChI=1S/C18H15ClN2O3S/c19-15-6-1-2-7-17(15)25(23)12-14-8-9-16(24-14)18(22)21-11-13-5-3-4-10-20-13/h1-10H,11-12H2,(H,21,22). The number of amides is 1. The minimum Gasteiger partial charge on any atom is -0.455 e. The number of hydrogen-bond donors (Lipinski definition) is 1. The van der Waals surface area contributed by atoms with Crippen molar-refractivity contribution in [1.82, 2.24) is 10.3 Å². The second kappa shape index (κ2) is 8.09. The first-order valence-electron chi connectivity index (χ1n) is 7.53. The summed E-state index contributed by atoms with van der Waals surface area (Å²) in [6.07, 6.45) is 1.66. The van der Waals surface area contributed by atoms with Crippen molar-refractivity contribution in [2.45, 2.75) is 17.2 Å². The number of rotatable bonds is 6. The summed E-state index contributed by atoms with van der Waals surface area (Å²) < 4.78 is 17.9. The van der Waals surface area contributed by atoms with E-state index in [1.807, 2.05) is 18.2 Å². The van der Waals surface area contributed by atoms with E-state index in [-0.39, 0.29) is 17.4 Å². The van der Waals surface area contributed by atoms with E-state index in [0.717, 1.165) is 5.69 Å². The summed E-state index contributed by atoms with van der Waals surface area (Å²) >= 11 is 6.05. The first-order valence-corrected chi connectivity index (χ1v) is 9.23. The van der Waals surface area contributed by atoms with E-state index >= 15 is 0 Å². The van der Waals surface area contributed by atoms with Crippen LogP contribution in [0.4, 0.5) is 0 Å². The van der Waals surface area contributed by atoms with Crippen LogP contribution in [-0.4, -0.2) is 15.1 Å². The second-order valence-corrected chi connectivity index (χ2v) is 7.02. The molecule has 128 valence electrons. The molecule has 1 atom stereocenters. The fourth-order valence-corrected chi connectivity index (χ4v) is 3.65. The third kappa shape index (κ3) is 4.55. The highest BCUT2D eigenvalue weighted by Crippen LogP contribution is 2.22. The van der Waals surface area contributed by atoms with Crippen molar-refractivity contribution >= 4 is 28.3 Å². The minimum absolute atomic E-state index is 0.150. The van der Waals surface area contributed by atoms with Gasteiger partial charge < -0.3 is 9.73 Å². The van der Waals surface area contributed by atoms with Gasteiger partial charge in [0.2, 0.25) is 0 Å². The molecule has 7 heteroatoms. The number of halogens is 1. The van der Waals surface area contributed by atoms with E-state index in [2.05, 4.69) is 10.3 Å². The van der Waals surface area contributed by atoms with E-state index in [1.54, 1.807) is 42.6 Å². The average Bonchev–Trinajstić information content (AvgIpc) is 3.09. The summed E-state index contributed by atoms with van der Waals surface area (Å²) in [6, 6.07) is 15.6. The number of carbonyl (C=O) groups is 1. The van der Waals surface area contributed by atoms with E-state index in [1.165, 1.54) is 0 Å². The summed E-state index contributed by atoms with van der Waals surface area (Å²) in [5.41, 5.74) is 0.752. The molecule has 1 amide bonds. The molecular weight excluding hydrogens is 360 g/mol. The summed E-state index contributed by atoms with van der Waals surface area (Å²) in [7, 11) is -1.35. The highest BCUT2D eigenvalue weighted by molar-refractivity contribution is 7.84. The number of aromatic nitrogens is 1. The summed E-state index contributed by atoms with van der Waals surface area (Å²) in [4.78, 5) is 16.8. The zero-order chi connectivity index (χ0) is 17.6. The van der Waals surface area contributed by atoms with Gasteiger partial charge in [0.1, 0.15) is 5.76 Å². The third-order valence-electron chi connectivity index (χ3n) is 3.40. The predicted octanol–water partition coefficient (Wildman–Crippen LogP) is 3.57. The maximum atomic E-state index is 12.4. The molecule has 0 bridgehead atoms. The number of carbonyl (C=O) groups excluding carboxylic acids is 1. The van der Waals surface area contributed by atoms with Gasteiger partial charge in [0.05, 0.1) is 38.7 Å². The molecule has 3 aromatic rings. The topological polar surface area (TPSA) is 72.2 Å². The van der Waals surface area contributed by atoms with E-state index in [9.17, 15) is 9.00 Å². The lowest BCUT2D eigenvalue weighted by atomic mass is 10.3. The summed E-state index contributed by atoms with van der Waals surface area (Å²) in [5.74, 6) is 0.431. The molecule has 25 heavy (non-hydrogen) atoms. The fraction of sp³-hybridized carbons (Fsp3) is 0.111. The molecule has 0 aliphatic rings. The number of furan rings is 1. The van der Waals surface area contributed by atoms with Gasteiger partial charge in [-0.2, -0.15) is 0 Å². The molecule has 0 fully saturated rings. The first kappa shape index (κ1) is 17.4. The number of hydrogen-bond acceptors (Lipinski definition) is 4. The van der Waals surface area contributed by atoms with Crippen molar-refractivity contribution in [3.05, 3.63) is 83.0 Å². The van der Waals surface area contributed by atoms with Crippen LogP contribution >= 0.6 is 11.6 Å². The lowest BCUT2D eigenvalue weighted by Gasteiger charge is -2.03. The summed E-state index contributed by atoms with van der Waals surface area (Å²) in [5, 5.41) is 3.18. The lowest BCUT2D eigenvalue weighted by Crippen LogP contribution is -2.22. The zero-order valence-electron chi connectivity index (χ0n) is 13.1. The highest BCUT2D eigenvalue weighted by Gasteiger charge is 2.15. The molecule has 0 saturated heterocycles. The molecule has 1 unspecified atom stereocenters. The SMILES string of the molecule is O=C(NCc1ccccn1)c1ccc(CS(=O)c2ccccc2Cl)o1. The molecular formula is C18H15ClN2O3S. The molecule has 0 radical (unpaired) electrons. The highest BCUT2D eigenvalue weighted by atomic mass is 35.5. The number of nitrogens with one attached hydrogen (secondary N) is 1. The molecule has 0 aliphatic carbocycles. The van der Waals surface area contributed by atoms with Crippen LogP contribution in [0, 0.1) is 0 Å².